The van der Waals surface area contributed by atoms with Gasteiger partial charge in [0.2, 0.25) is 0 Å². The summed E-state index contributed by atoms with van der Waals surface area (Å²) in [7, 11) is 0. The van der Waals surface area contributed by atoms with Crippen molar-refractivity contribution in [2.75, 3.05) is 5.73 Å². The molecule has 0 saturated carbocycles. The number of nitrogens with zero attached hydrogens (tertiary/aromatic N) is 2. The lowest BCUT2D eigenvalue weighted by molar-refractivity contribution is 0.614. The van der Waals surface area contributed by atoms with E-state index in [1.807, 2.05) is 6.07 Å². The first-order chi connectivity index (χ1) is 7.69. The second kappa shape index (κ2) is 4.29. The number of thiazole rings is 1. The van der Waals surface area contributed by atoms with Crippen LogP contribution in [0.5, 0.6) is 0 Å². The molecule has 2 N–H and O–H groups in total. The molecule has 0 aliphatic rings. The molecule has 0 radical (unpaired) electrons. The summed E-state index contributed by atoms with van der Waals surface area (Å²) in [5, 5.41) is 9.08. The van der Waals surface area contributed by atoms with Gasteiger partial charge in [-0.3, -0.25) is 0 Å². The van der Waals surface area contributed by atoms with Gasteiger partial charge in [0.15, 0.2) is 5.13 Å². The van der Waals surface area contributed by atoms with Crippen molar-refractivity contribution in [3.63, 3.8) is 0 Å². The maximum Gasteiger partial charge on any atom is 0.180 e. The Morgan fingerprint density at radius 3 is 2.88 bits per heavy atom. The van der Waals surface area contributed by atoms with Crippen molar-refractivity contribution in [2.24, 2.45) is 0 Å². The molecule has 0 fully saturated rings. The molecule has 0 unspecified atom stereocenters. The van der Waals surface area contributed by atoms with E-state index in [0.717, 1.165) is 4.88 Å². The molecule has 1 aromatic carbocycles. The van der Waals surface area contributed by atoms with Gasteiger partial charge in [0.05, 0.1) is 11.6 Å². The van der Waals surface area contributed by atoms with Crippen LogP contribution in [0.2, 0.25) is 0 Å². The van der Waals surface area contributed by atoms with Crippen LogP contribution in [-0.2, 0) is 6.42 Å². The Bertz CT molecular complexity index is 557. The standard InChI is InChI=1S/C11H8FN3S/c12-10-3-7(5-13)1-2-8(10)4-9-6-15-11(14)16-9/h1-3,6H,4H2,(H2,14,15). The van der Waals surface area contributed by atoms with Crippen LogP contribution in [0.1, 0.15) is 16.0 Å². The average Bonchev–Trinajstić information content (AvgIpc) is 2.67. The van der Waals surface area contributed by atoms with Gasteiger partial charge in [-0.25, -0.2) is 9.37 Å². The minimum atomic E-state index is -0.369. The number of halogens is 1. The van der Waals surface area contributed by atoms with Gasteiger partial charge in [0.1, 0.15) is 5.82 Å². The van der Waals surface area contributed by atoms with E-state index in [4.69, 9.17) is 11.0 Å². The Morgan fingerprint density at radius 1 is 1.50 bits per heavy atom. The van der Waals surface area contributed by atoms with Gasteiger partial charge in [0.25, 0.3) is 0 Å². The molecule has 16 heavy (non-hydrogen) atoms. The Morgan fingerprint density at radius 2 is 2.31 bits per heavy atom. The fourth-order valence-electron chi connectivity index (χ4n) is 1.35. The fourth-order valence-corrected chi connectivity index (χ4v) is 2.06. The summed E-state index contributed by atoms with van der Waals surface area (Å²) in [5.74, 6) is -0.369. The number of hydrogen-bond donors (Lipinski definition) is 1. The first kappa shape index (κ1) is 10.6. The normalized spacial score (nSPS) is 10.0. The highest BCUT2D eigenvalue weighted by Gasteiger charge is 2.06. The maximum atomic E-state index is 13.5. The van der Waals surface area contributed by atoms with E-state index < -0.39 is 0 Å². The molecule has 1 aromatic heterocycles. The van der Waals surface area contributed by atoms with Crippen LogP contribution in [0, 0.1) is 17.1 Å². The molecule has 1 heterocycles. The smallest absolute Gasteiger partial charge is 0.180 e. The molecule has 0 bridgehead atoms. The van der Waals surface area contributed by atoms with Crippen molar-refractivity contribution in [2.45, 2.75) is 6.42 Å². The number of rotatable bonds is 2. The Kier molecular flexibility index (Phi) is 2.84. The van der Waals surface area contributed by atoms with Crippen LogP contribution in [0.3, 0.4) is 0 Å². The maximum absolute atomic E-state index is 13.5. The summed E-state index contributed by atoms with van der Waals surface area (Å²) < 4.78 is 13.5. The van der Waals surface area contributed by atoms with Crippen molar-refractivity contribution in [3.8, 4) is 6.07 Å². The third kappa shape index (κ3) is 2.18. The highest BCUT2D eigenvalue weighted by atomic mass is 32.1. The number of hydrogen-bond acceptors (Lipinski definition) is 4. The van der Waals surface area contributed by atoms with E-state index in [9.17, 15) is 4.39 Å². The topological polar surface area (TPSA) is 62.7 Å². The van der Waals surface area contributed by atoms with E-state index in [0.29, 0.717) is 22.7 Å². The number of anilines is 1. The van der Waals surface area contributed by atoms with Crippen molar-refractivity contribution >= 4 is 16.5 Å². The quantitative estimate of drug-likeness (QED) is 0.865. The van der Waals surface area contributed by atoms with E-state index in [1.165, 1.54) is 17.4 Å². The number of aromatic nitrogens is 1. The molecule has 5 heteroatoms. The number of nitrogen functional groups attached to an aromatic ring is 1. The lowest BCUT2D eigenvalue weighted by Crippen LogP contribution is -1.91. The largest absolute Gasteiger partial charge is 0.375 e. The first-order valence-electron chi connectivity index (χ1n) is 4.58. The Labute approximate surface area is 96.0 Å². The average molecular weight is 233 g/mol. The zero-order chi connectivity index (χ0) is 11.5. The lowest BCUT2D eigenvalue weighted by Gasteiger charge is -2.00. The number of benzene rings is 1. The molecule has 2 rings (SSSR count). The predicted molar refractivity (Wildman–Crippen MR) is 60.4 cm³/mol. The lowest BCUT2D eigenvalue weighted by atomic mass is 10.1. The molecule has 0 spiro atoms. The highest BCUT2D eigenvalue weighted by molar-refractivity contribution is 7.15. The van der Waals surface area contributed by atoms with Crippen LogP contribution in [-0.4, -0.2) is 4.98 Å². The molecule has 0 aliphatic carbocycles. The minimum absolute atomic E-state index is 0.324. The molecule has 0 aliphatic heterocycles. The van der Waals surface area contributed by atoms with Crippen molar-refractivity contribution in [1.82, 2.24) is 4.98 Å². The van der Waals surface area contributed by atoms with Crippen LogP contribution in [0.4, 0.5) is 9.52 Å². The van der Waals surface area contributed by atoms with E-state index in [2.05, 4.69) is 4.98 Å². The van der Waals surface area contributed by atoms with Crippen LogP contribution < -0.4 is 5.73 Å². The third-order valence-corrected chi connectivity index (χ3v) is 2.94. The van der Waals surface area contributed by atoms with Crippen LogP contribution in [0.15, 0.2) is 24.4 Å². The van der Waals surface area contributed by atoms with E-state index in [1.54, 1.807) is 18.3 Å². The molecule has 2 aromatic rings. The number of nitrogens with two attached hydrogens (primary N) is 1. The molecule has 80 valence electrons. The second-order valence-electron chi connectivity index (χ2n) is 3.26. The number of nitriles is 1. The molecule has 0 saturated heterocycles. The van der Waals surface area contributed by atoms with E-state index >= 15 is 0 Å². The van der Waals surface area contributed by atoms with Crippen molar-refractivity contribution in [1.29, 1.82) is 5.26 Å². The zero-order valence-electron chi connectivity index (χ0n) is 8.27. The summed E-state index contributed by atoms with van der Waals surface area (Å²) in [6.07, 6.45) is 2.09. The summed E-state index contributed by atoms with van der Waals surface area (Å²) in [4.78, 5) is 4.80. The van der Waals surface area contributed by atoms with Gasteiger partial charge >= 0.3 is 0 Å². The summed E-state index contributed by atoms with van der Waals surface area (Å²) in [6, 6.07) is 6.34. The summed E-state index contributed by atoms with van der Waals surface area (Å²) in [5.41, 5.74) is 6.35. The van der Waals surface area contributed by atoms with E-state index in [-0.39, 0.29) is 5.82 Å². The zero-order valence-corrected chi connectivity index (χ0v) is 9.09. The first-order valence-corrected chi connectivity index (χ1v) is 5.39. The molecular weight excluding hydrogens is 225 g/mol. The fraction of sp³-hybridized carbons (Fsp3) is 0.0909. The summed E-state index contributed by atoms with van der Waals surface area (Å²) in [6.45, 7) is 0. The predicted octanol–water partition coefficient (Wildman–Crippen LogP) is 2.33. The minimum Gasteiger partial charge on any atom is -0.375 e. The monoisotopic (exact) mass is 233 g/mol. The Balaban J connectivity index is 2.26. The molecule has 0 atom stereocenters. The van der Waals surface area contributed by atoms with Crippen LogP contribution in [0.25, 0.3) is 0 Å². The van der Waals surface area contributed by atoms with Crippen molar-refractivity contribution < 1.29 is 4.39 Å². The van der Waals surface area contributed by atoms with Gasteiger partial charge < -0.3 is 5.73 Å². The highest BCUT2D eigenvalue weighted by Crippen LogP contribution is 2.20. The molecule has 3 nitrogen and oxygen atoms in total. The van der Waals surface area contributed by atoms with Gasteiger partial charge in [0, 0.05) is 17.5 Å². The third-order valence-electron chi connectivity index (χ3n) is 2.12. The Hall–Kier alpha value is -1.93. The SMILES string of the molecule is N#Cc1ccc(Cc2cnc(N)s2)c(F)c1. The second-order valence-corrected chi connectivity index (χ2v) is 4.41. The van der Waals surface area contributed by atoms with Gasteiger partial charge in [-0.2, -0.15) is 5.26 Å². The van der Waals surface area contributed by atoms with Gasteiger partial charge in [-0.15, -0.1) is 11.3 Å². The molecular formula is C11H8FN3S. The van der Waals surface area contributed by atoms with Gasteiger partial charge in [-0.1, -0.05) is 6.07 Å². The van der Waals surface area contributed by atoms with Crippen molar-refractivity contribution in [3.05, 3.63) is 46.2 Å². The summed E-state index contributed by atoms with van der Waals surface area (Å²) >= 11 is 1.34. The van der Waals surface area contributed by atoms with Gasteiger partial charge in [-0.05, 0) is 17.7 Å². The molecule has 0 amide bonds. The van der Waals surface area contributed by atoms with Crippen LogP contribution >= 0.6 is 11.3 Å².